The number of hydrogen-bond donors (Lipinski definition) is 0. The molecule has 0 bridgehead atoms. The molecule has 3 heteroatoms. The molecule has 0 N–H and O–H groups in total. The average Bonchev–Trinajstić information content (AvgIpc) is 2.69. The van der Waals surface area contributed by atoms with E-state index in [9.17, 15) is 0 Å². The summed E-state index contributed by atoms with van der Waals surface area (Å²) in [6, 6.07) is 9.71. The number of rotatable bonds is 2. The molecule has 0 saturated carbocycles. The fraction of sp³-hybridized carbons (Fsp3) is 0. The summed E-state index contributed by atoms with van der Waals surface area (Å²) in [4.78, 5) is 9.45. The summed E-state index contributed by atoms with van der Waals surface area (Å²) in [5.74, 6) is 0.746. The van der Waals surface area contributed by atoms with Crippen LogP contribution in [0.1, 0.15) is 4.88 Å². The lowest BCUT2D eigenvalue weighted by atomic mass is 10.4. The van der Waals surface area contributed by atoms with Crippen molar-refractivity contribution in [3.05, 3.63) is 46.8 Å². The number of nitrogens with zero attached hydrogens (tertiary/aromatic N) is 2. The van der Waals surface area contributed by atoms with E-state index in [1.165, 1.54) is 0 Å². The Morgan fingerprint density at radius 3 is 2.92 bits per heavy atom. The molecular weight excluding hydrogens is 180 g/mol. The quantitative estimate of drug-likeness (QED) is 0.665. The van der Waals surface area contributed by atoms with Crippen LogP contribution >= 0.6 is 11.3 Å². The molecule has 2 aromatic heterocycles. The molecule has 0 fully saturated rings. The van der Waals surface area contributed by atoms with Crippen LogP contribution < -0.4 is 0 Å². The molecule has 0 aromatic carbocycles. The third-order valence-corrected chi connectivity index (χ3v) is 2.32. The molecule has 2 rings (SSSR count). The molecule has 0 unspecified atom stereocenters. The molecule has 64 valence electrons. The van der Waals surface area contributed by atoms with Gasteiger partial charge in [-0.3, -0.25) is 0 Å². The standard InChI is InChI=1S/C10H8N2S/c1-2-6-11-10(5-1)12-8-9-4-3-7-13-9/h1-8H. The predicted octanol–water partition coefficient (Wildman–Crippen LogP) is 2.89. The van der Waals surface area contributed by atoms with E-state index in [1.54, 1.807) is 17.5 Å². The summed E-state index contributed by atoms with van der Waals surface area (Å²) < 4.78 is 0. The van der Waals surface area contributed by atoms with E-state index in [0.717, 1.165) is 10.7 Å². The van der Waals surface area contributed by atoms with Crippen molar-refractivity contribution in [3.63, 3.8) is 0 Å². The van der Waals surface area contributed by atoms with Gasteiger partial charge in [-0.15, -0.1) is 11.3 Å². The number of aromatic nitrogens is 1. The summed E-state index contributed by atoms with van der Waals surface area (Å²) >= 11 is 1.67. The first kappa shape index (κ1) is 8.13. The predicted molar refractivity (Wildman–Crippen MR) is 55.8 cm³/mol. The Balaban J connectivity index is 2.15. The Morgan fingerprint density at radius 2 is 2.23 bits per heavy atom. The van der Waals surface area contributed by atoms with Crippen LogP contribution in [0.2, 0.25) is 0 Å². The van der Waals surface area contributed by atoms with E-state index in [-0.39, 0.29) is 0 Å². The van der Waals surface area contributed by atoms with Crippen molar-refractivity contribution in [2.75, 3.05) is 0 Å². The Bertz CT molecular complexity index is 379. The maximum Gasteiger partial charge on any atom is 0.151 e. The second-order valence-electron chi connectivity index (χ2n) is 2.46. The second kappa shape index (κ2) is 3.96. The maximum atomic E-state index is 4.22. The minimum atomic E-state index is 0.746. The fourth-order valence-electron chi connectivity index (χ4n) is 0.925. The Kier molecular flexibility index (Phi) is 2.48. The lowest BCUT2D eigenvalue weighted by Crippen LogP contribution is -1.74. The molecule has 13 heavy (non-hydrogen) atoms. The van der Waals surface area contributed by atoms with Gasteiger partial charge in [0.1, 0.15) is 0 Å². The van der Waals surface area contributed by atoms with Crippen LogP contribution in [0.3, 0.4) is 0 Å². The molecule has 0 aliphatic carbocycles. The van der Waals surface area contributed by atoms with Gasteiger partial charge < -0.3 is 0 Å². The molecule has 2 aromatic rings. The van der Waals surface area contributed by atoms with Gasteiger partial charge in [-0.2, -0.15) is 0 Å². The topological polar surface area (TPSA) is 25.2 Å². The smallest absolute Gasteiger partial charge is 0.151 e. The van der Waals surface area contributed by atoms with Gasteiger partial charge in [0.2, 0.25) is 0 Å². The highest BCUT2D eigenvalue weighted by atomic mass is 32.1. The molecular formula is C10H8N2S. The summed E-state index contributed by atoms with van der Waals surface area (Å²) in [5, 5.41) is 2.03. The van der Waals surface area contributed by atoms with Crippen LogP contribution in [-0.4, -0.2) is 11.2 Å². The van der Waals surface area contributed by atoms with E-state index < -0.39 is 0 Å². The molecule has 0 atom stereocenters. The Morgan fingerprint density at radius 1 is 1.23 bits per heavy atom. The normalized spacial score (nSPS) is 10.8. The molecule has 0 saturated heterocycles. The average molecular weight is 188 g/mol. The highest BCUT2D eigenvalue weighted by Gasteiger charge is 1.88. The van der Waals surface area contributed by atoms with Crippen molar-refractivity contribution in [1.82, 2.24) is 4.98 Å². The van der Waals surface area contributed by atoms with E-state index >= 15 is 0 Å². The molecule has 0 aliphatic heterocycles. The highest BCUT2D eigenvalue weighted by molar-refractivity contribution is 7.11. The van der Waals surface area contributed by atoms with Crippen molar-refractivity contribution in [3.8, 4) is 0 Å². The van der Waals surface area contributed by atoms with Gasteiger partial charge in [-0.1, -0.05) is 12.1 Å². The van der Waals surface area contributed by atoms with Crippen molar-refractivity contribution in [1.29, 1.82) is 0 Å². The number of aliphatic imine (C=N–C) groups is 1. The molecule has 2 heterocycles. The molecule has 0 radical (unpaired) electrons. The van der Waals surface area contributed by atoms with Crippen molar-refractivity contribution >= 4 is 23.4 Å². The summed E-state index contributed by atoms with van der Waals surface area (Å²) in [6.45, 7) is 0. The summed E-state index contributed by atoms with van der Waals surface area (Å²) in [7, 11) is 0. The monoisotopic (exact) mass is 188 g/mol. The third kappa shape index (κ3) is 2.23. The van der Waals surface area contributed by atoms with E-state index in [0.29, 0.717) is 0 Å². The lowest BCUT2D eigenvalue weighted by molar-refractivity contribution is 1.28. The van der Waals surface area contributed by atoms with Gasteiger partial charge in [0.25, 0.3) is 0 Å². The molecule has 2 nitrogen and oxygen atoms in total. The summed E-state index contributed by atoms with van der Waals surface area (Å²) in [5.41, 5.74) is 0. The van der Waals surface area contributed by atoms with Crippen LogP contribution in [0.15, 0.2) is 46.9 Å². The largest absolute Gasteiger partial charge is 0.237 e. The van der Waals surface area contributed by atoms with Gasteiger partial charge in [0.05, 0.1) is 0 Å². The van der Waals surface area contributed by atoms with Crippen molar-refractivity contribution in [2.45, 2.75) is 0 Å². The Hall–Kier alpha value is -1.48. The Labute approximate surface area is 80.6 Å². The fourth-order valence-corrected chi connectivity index (χ4v) is 1.51. The van der Waals surface area contributed by atoms with Gasteiger partial charge in [-0.25, -0.2) is 9.98 Å². The van der Waals surface area contributed by atoms with Crippen LogP contribution in [-0.2, 0) is 0 Å². The van der Waals surface area contributed by atoms with E-state index in [2.05, 4.69) is 9.98 Å². The zero-order valence-corrected chi connectivity index (χ0v) is 7.74. The second-order valence-corrected chi connectivity index (χ2v) is 3.44. The minimum Gasteiger partial charge on any atom is -0.237 e. The van der Waals surface area contributed by atoms with E-state index in [4.69, 9.17) is 0 Å². The van der Waals surface area contributed by atoms with Crippen LogP contribution in [0.5, 0.6) is 0 Å². The van der Waals surface area contributed by atoms with Crippen LogP contribution in [0.4, 0.5) is 5.82 Å². The number of pyridine rings is 1. The number of thiophene rings is 1. The lowest BCUT2D eigenvalue weighted by Gasteiger charge is -1.88. The van der Waals surface area contributed by atoms with Gasteiger partial charge in [0.15, 0.2) is 5.82 Å². The third-order valence-electron chi connectivity index (χ3n) is 1.52. The minimum absolute atomic E-state index is 0.746. The first-order chi connectivity index (χ1) is 6.45. The van der Waals surface area contributed by atoms with Crippen LogP contribution in [0.25, 0.3) is 0 Å². The van der Waals surface area contributed by atoms with Crippen LogP contribution in [0, 0.1) is 0 Å². The van der Waals surface area contributed by atoms with Gasteiger partial charge >= 0.3 is 0 Å². The zero-order chi connectivity index (χ0) is 8.93. The zero-order valence-electron chi connectivity index (χ0n) is 6.92. The first-order valence-electron chi connectivity index (χ1n) is 3.94. The highest BCUT2D eigenvalue weighted by Crippen LogP contribution is 2.08. The maximum absolute atomic E-state index is 4.22. The van der Waals surface area contributed by atoms with Gasteiger partial charge in [-0.05, 0) is 23.6 Å². The first-order valence-corrected chi connectivity index (χ1v) is 4.82. The number of hydrogen-bond acceptors (Lipinski definition) is 3. The molecule has 0 spiro atoms. The van der Waals surface area contributed by atoms with Crippen molar-refractivity contribution in [2.24, 2.45) is 4.99 Å². The summed E-state index contributed by atoms with van der Waals surface area (Å²) in [6.07, 6.45) is 3.56. The van der Waals surface area contributed by atoms with Gasteiger partial charge in [0, 0.05) is 17.3 Å². The SMILES string of the molecule is C(=Nc1ccccn1)c1cccs1. The van der Waals surface area contributed by atoms with E-state index in [1.807, 2.05) is 41.9 Å². The molecule has 0 amide bonds. The molecule has 0 aliphatic rings. The van der Waals surface area contributed by atoms with Crippen molar-refractivity contribution < 1.29 is 0 Å².